The first-order chi connectivity index (χ1) is 14.6. The fraction of sp³-hybridized carbons (Fsp3) is 0.167. The van der Waals surface area contributed by atoms with Crippen LogP contribution < -0.4 is 9.47 Å². The van der Waals surface area contributed by atoms with E-state index in [0.717, 1.165) is 22.2 Å². The Morgan fingerprint density at radius 2 is 1.87 bits per heavy atom. The van der Waals surface area contributed by atoms with Gasteiger partial charge in [0.25, 0.3) is 0 Å². The van der Waals surface area contributed by atoms with Crippen LogP contribution in [-0.2, 0) is 6.54 Å². The Morgan fingerprint density at radius 3 is 2.57 bits per heavy atom. The van der Waals surface area contributed by atoms with Crippen molar-refractivity contribution in [3.05, 3.63) is 78.0 Å². The Kier molecular flexibility index (Phi) is 5.14. The van der Waals surface area contributed by atoms with Gasteiger partial charge in [0, 0.05) is 12.1 Å². The number of benzene rings is 2. The zero-order valence-electron chi connectivity index (χ0n) is 17.3. The second-order valence-electron chi connectivity index (χ2n) is 6.86. The minimum absolute atomic E-state index is 0.125. The molecule has 0 amide bonds. The first kappa shape index (κ1) is 19.5. The van der Waals surface area contributed by atoms with Crippen LogP contribution in [0.15, 0.2) is 61.2 Å². The van der Waals surface area contributed by atoms with Crippen molar-refractivity contribution >= 4 is 28.5 Å². The SMILES string of the molecule is C=CCn1c2ccccc2n2nc(C)c(C(=O)C=Cc3cccc(OC)c3OC)c12. The van der Waals surface area contributed by atoms with Crippen molar-refractivity contribution in [1.29, 1.82) is 0 Å². The van der Waals surface area contributed by atoms with Gasteiger partial charge >= 0.3 is 0 Å². The zero-order valence-corrected chi connectivity index (χ0v) is 17.3. The number of rotatable bonds is 7. The number of imidazole rings is 1. The fourth-order valence-corrected chi connectivity index (χ4v) is 3.81. The molecule has 0 aliphatic heterocycles. The van der Waals surface area contributed by atoms with Crippen LogP contribution in [0.4, 0.5) is 0 Å². The van der Waals surface area contributed by atoms with Crippen LogP contribution in [0.1, 0.15) is 21.6 Å². The van der Waals surface area contributed by atoms with Gasteiger partial charge in [-0.2, -0.15) is 5.10 Å². The number of hydrogen-bond acceptors (Lipinski definition) is 4. The molecule has 6 nitrogen and oxygen atoms in total. The minimum atomic E-state index is -0.125. The van der Waals surface area contributed by atoms with E-state index in [1.165, 1.54) is 0 Å². The zero-order chi connectivity index (χ0) is 21.3. The summed E-state index contributed by atoms with van der Waals surface area (Å²) < 4.78 is 14.7. The van der Waals surface area contributed by atoms with Crippen LogP contribution in [-0.4, -0.2) is 34.2 Å². The molecule has 2 aromatic carbocycles. The average molecular weight is 401 g/mol. The number of fused-ring (bicyclic) bond motifs is 3. The summed E-state index contributed by atoms with van der Waals surface area (Å²) in [6, 6.07) is 13.5. The predicted octanol–water partition coefficient (Wildman–Crippen LogP) is 4.70. The summed E-state index contributed by atoms with van der Waals surface area (Å²) in [6.07, 6.45) is 5.12. The van der Waals surface area contributed by atoms with Gasteiger partial charge in [0.1, 0.15) is 5.65 Å². The Bertz CT molecular complexity index is 1290. The molecule has 0 aliphatic rings. The molecule has 2 aromatic heterocycles. The van der Waals surface area contributed by atoms with E-state index in [2.05, 4.69) is 16.2 Å². The first-order valence-electron chi connectivity index (χ1n) is 9.61. The Hall–Kier alpha value is -3.80. The molecule has 30 heavy (non-hydrogen) atoms. The van der Waals surface area contributed by atoms with Crippen LogP contribution in [0.5, 0.6) is 11.5 Å². The molecule has 152 valence electrons. The molecule has 4 aromatic rings. The number of methoxy groups -OCH3 is 2. The quantitative estimate of drug-likeness (QED) is 0.256. The molecule has 0 atom stereocenters. The topological polar surface area (TPSA) is 57.8 Å². The van der Waals surface area contributed by atoms with Crippen LogP contribution in [0.2, 0.25) is 0 Å². The molecule has 0 aliphatic carbocycles. The van der Waals surface area contributed by atoms with E-state index in [0.29, 0.717) is 29.3 Å². The van der Waals surface area contributed by atoms with Crippen molar-refractivity contribution in [2.45, 2.75) is 13.5 Å². The maximum atomic E-state index is 13.2. The molecular formula is C24H23N3O3. The standard InChI is InChI=1S/C24H23N3O3/c1-5-15-26-18-10-6-7-11-19(18)27-24(26)22(16(2)25-27)20(28)14-13-17-9-8-12-21(29-3)23(17)30-4/h5-14H,1,15H2,2-4H3. The van der Waals surface area contributed by atoms with Crippen molar-refractivity contribution in [2.24, 2.45) is 0 Å². The summed E-state index contributed by atoms with van der Waals surface area (Å²) in [5, 5.41) is 4.64. The lowest BCUT2D eigenvalue weighted by molar-refractivity contribution is 0.104. The highest BCUT2D eigenvalue weighted by atomic mass is 16.5. The molecule has 0 radical (unpaired) electrons. The third-order valence-corrected chi connectivity index (χ3v) is 5.10. The number of hydrogen-bond donors (Lipinski definition) is 0. The summed E-state index contributed by atoms with van der Waals surface area (Å²) in [5.41, 5.74) is 4.74. The van der Waals surface area contributed by atoms with E-state index in [1.54, 1.807) is 26.4 Å². The van der Waals surface area contributed by atoms with Crippen molar-refractivity contribution in [3.63, 3.8) is 0 Å². The van der Waals surface area contributed by atoms with Crippen LogP contribution in [0.25, 0.3) is 22.8 Å². The van der Waals surface area contributed by atoms with Crippen LogP contribution in [0.3, 0.4) is 0 Å². The monoisotopic (exact) mass is 401 g/mol. The molecule has 0 unspecified atom stereocenters. The highest BCUT2D eigenvalue weighted by molar-refractivity contribution is 6.12. The molecule has 6 heteroatoms. The molecule has 0 saturated heterocycles. The smallest absolute Gasteiger partial charge is 0.191 e. The lowest BCUT2D eigenvalue weighted by Gasteiger charge is -2.09. The summed E-state index contributed by atoms with van der Waals surface area (Å²) in [7, 11) is 3.16. The van der Waals surface area contributed by atoms with Crippen LogP contribution >= 0.6 is 0 Å². The summed E-state index contributed by atoms with van der Waals surface area (Å²) in [4.78, 5) is 13.2. The number of ether oxygens (including phenoxy) is 2. The molecule has 0 fully saturated rings. The number of ketones is 1. The number of para-hydroxylation sites is 3. The Labute approximate surface area is 174 Å². The second kappa shape index (κ2) is 7.91. The number of allylic oxidation sites excluding steroid dienone is 2. The molecule has 0 spiro atoms. The van der Waals surface area contributed by atoms with Crippen molar-refractivity contribution < 1.29 is 14.3 Å². The van der Waals surface area contributed by atoms with E-state index in [9.17, 15) is 4.79 Å². The van der Waals surface area contributed by atoms with Crippen molar-refractivity contribution in [2.75, 3.05) is 14.2 Å². The van der Waals surface area contributed by atoms with Gasteiger partial charge in [0.2, 0.25) is 0 Å². The summed E-state index contributed by atoms with van der Waals surface area (Å²) >= 11 is 0. The van der Waals surface area contributed by atoms with Gasteiger partial charge in [0.15, 0.2) is 17.3 Å². The number of nitrogens with zero attached hydrogens (tertiary/aromatic N) is 3. The fourth-order valence-electron chi connectivity index (χ4n) is 3.81. The van der Waals surface area contributed by atoms with E-state index in [-0.39, 0.29) is 5.78 Å². The second-order valence-corrected chi connectivity index (χ2v) is 6.86. The lowest BCUT2D eigenvalue weighted by Crippen LogP contribution is -2.02. The molecule has 2 heterocycles. The Balaban J connectivity index is 1.84. The number of aryl methyl sites for hydroxylation is 1. The van der Waals surface area contributed by atoms with Crippen molar-refractivity contribution in [3.8, 4) is 11.5 Å². The molecule has 4 rings (SSSR count). The minimum Gasteiger partial charge on any atom is -0.493 e. The molecule has 0 N–H and O–H groups in total. The molecule has 0 saturated carbocycles. The first-order valence-corrected chi connectivity index (χ1v) is 9.61. The summed E-state index contributed by atoms with van der Waals surface area (Å²) in [5.74, 6) is 1.07. The lowest BCUT2D eigenvalue weighted by atomic mass is 10.1. The number of carbonyl (C=O) groups excluding carboxylic acids is 1. The van der Waals surface area contributed by atoms with Gasteiger partial charge in [-0.25, -0.2) is 4.52 Å². The normalized spacial score (nSPS) is 11.4. The number of aromatic nitrogens is 3. The predicted molar refractivity (Wildman–Crippen MR) is 119 cm³/mol. The van der Waals surface area contributed by atoms with E-state index < -0.39 is 0 Å². The number of carbonyl (C=O) groups is 1. The van der Waals surface area contributed by atoms with Gasteiger partial charge in [-0.1, -0.05) is 30.3 Å². The highest BCUT2D eigenvalue weighted by Gasteiger charge is 2.22. The summed E-state index contributed by atoms with van der Waals surface area (Å²) in [6.45, 7) is 6.30. The van der Waals surface area contributed by atoms with E-state index in [4.69, 9.17) is 9.47 Å². The Morgan fingerprint density at radius 1 is 1.10 bits per heavy atom. The third-order valence-electron chi connectivity index (χ3n) is 5.10. The third kappa shape index (κ3) is 3.06. The average Bonchev–Trinajstić information content (AvgIpc) is 3.25. The van der Waals surface area contributed by atoms with Crippen molar-refractivity contribution in [1.82, 2.24) is 14.2 Å². The van der Waals surface area contributed by atoms with Gasteiger partial charge in [0.05, 0.1) is 36.5 Å². The van der Waals surface area contributed by atoms with E-state index in [1.807, 2.05) is 60.0 Å². The van der Waals surface area contributed by atoms with Gasteiger partial charge in [-0.05, 0) is 37.3 Å². The molecular weight excluding hydrogens is 378 g/mol. The maximum Gasteiger partial charge on any atom is 0.191 e. The van der Waals surface area contributed by atoms with Gasteiger partial charge in [-0.15, -0.1) is 6.58 Å². The van der Waals surface area contributed by atoms with E-state index >= 15 is 0 Å². The van der Waals surface area contributed by atoms with Crippen LogP contribution in [0, 0.1) is 6.92 Å². The van der Waals surface area contributed by atoms with Gasteiger partial charge < -0.3 is 14.0 Å². The largest absolute Gasteiger partial charge is 0.493 e. The maximum absolute atomic E-state index is 13.2. The molecule has 0 bridgehead atoms. The van der Waals surface area contributed by atoms with Gasteiger partial charge in [-0.3, -0.25) is 4.79 Å². The highest BCUT2D eigenvalue weighted by Crippen LogP contribution is 2.32.